The quantitative estimate of drug-likeness (QED) is 0.629. The van der Waals surface area contributed by atoms with Crippen molar-refractivity contribution in [2.24, 2.45) is 5.41 Å². The van der Waals surface area contributed by atoms with Gasteiger partial charge in [-0.05, 0) is 38.5 Å². The first-order valence-corrected chi connectivity index (χ1v) is 5.95. The molecule has 1 fully saturated rings. The molecule has 0 aliphatic heterocycles. The zero-order valence-electron chi connectivity index (χ0n) is 10.7. The summed E-state index contributed by atoms with van der Waals surface area (Å²) in [4.78, 5) is 0. The van der Waals surface area contributed by atoms with Gasteiger partial charge in [0.25, 0.3) is 0 Å². The molecule has 94 valence electrons. The van der Waals surface area contributed by atoms with Gasteiger partial charge in [-0.3, -0.25) is 0 Å². The van der Waals surface area contributed by atoms with Crippen molar-refractivity contribution in [2.75, 3.05) is 0 Å². The minimum atomic E-state index is -1.28. The summed E-state index contributed by atoms with van der Waals surface area (Å²) in [6.07, 6.45) is 4.85. The molecular weight excluding hydrogens is 204 g/mol. The van der Waals surface area contributed by atoms with Gasteiger partial charge in [-0.15, -0.1) is 0 Å². The van der Waals surface area contributed by atoms with Gasteiger partial charge in [0.05, 0.1) is 11.7 Å². The second-order valence-electron chi connectivity index (χ2n) is 5.88. The SMILES string of the molecule is C[C@H](O)/C=C/[C@]1(O)C(C)(C)CCC[C@@]1(C)O. The number of rotatable bonds is 2. The Hall–Kier alpha value is -0.380. The Kier molecular flexibility index (Phi) is 3.53. The Labute approximate surface area is 97.8 Å². The summed E-state index contributed by atoms with van der Waals surface area (Å²) in [5.41, 5.74) is -2.81. The fourth-order valence-electron chi connectivity index (χ4n) is 2.67. The Morgan fingerprint density at radius 3 is 2.12 bits per heavy atom. The van der Waals surface area contributed by atoms with Crippen molar-refractivity contribution in [3.05, 3.63) is 12.2 Å². The fraction of sp³-hybridized carbons (Fsp3) is 0.846. The Morgan fingerprint density at radius 2 is 1.69 bits per heavy atom. The van der Waals surface area contributed by atoms with Crippen LogP contribution < -0.4 is 0 Å². The molecule has 1 aliphatic carbocycles. The zero-order chi connectivity index (χ0) is 12.6. The van der Waals surface area contributed by atoms with Crippen LogP contribution in [0.3, 0.4) is 0 Å². The standard InChI is InChI=1S/C13H24O3/c1-10(14)6-9-13(16)11(2,3)7-5-8-12(13,4)15/h6,9-10,14-16H,5,7-8H2,1-4H3/b9-6+/t10-,12+,13-/m0/s1. The molecule has 3 atom stereocenters. The summed E-state index contributed by atoms with van der Waals surface area (Å²) in [5, 5.41) is 30.3. The molecule has 1 aliphatic rings. The maximum atomic E-state index is 10.7. The van der Waals surface area contributed by atoms with Crippen LogP contribution in [0.1, 0.15) is 47.0 Å². The number of hydrogen-bond donors (Lipinski definition) is 3. The molecular formula is C13H24O3. The first-order valence-electron chi connectivity index (χ1n) is 5.95. The van der Waals surface area contributed by atoms with Crippen molar-refractivity contribution in [1.29, 1.82) is 0 Å². The van der Waals surface area contributed by atoms with Gasteiger partial charge in [0.15, 0.2) is 0 Å². The molecule has 0 spiro atoms. The van der Waals surface area contributed by atoms with Crippen molar-refractivity contribution in [1.82, 2.24) is 0 Å². The number of aliphatic hydroxyl groups is 3. The lowest BCUT2D eigenvalue weighted by Gasteiger charge is -2.53. The first kappa shape index (κ1) is 13.7. The maximum Gasteiger partial charge on any atom is 0.116 e. The van der Waals surface area contributed by atoms with E-state index < -0.39 is 17.3 Å². The summed E-state index contributed by atoms with van der Waals surface area (Å²) in [6.45, 7) is 7.20. The van der Waals surface area contributed by atoms with Crippen LogP contribution in [0.15, 0.2) is 12.2 Å². The average Bonchev–Trinajstić information content (AvgIpc) is 2.10. The summed E-state index contributed by atoms with van der Waals surface area (Å²) < 4.78 is 0. The first-order chi connectivity index (χ1) is 7.12. The van der Waals surface area contributed by atoms with E-state index in [2.05, 4.69) is 0 Å². The molecule has 0 aromatic rings. The topological polar surface area (TPSA) is 60.7 Å². The molecule has 3 nitrogen and oxygen atoms in total. The molecule has 16 heavy (non-hydrogen) atoms. The van der Waals surface area contributed by atoms with Gasteiger partial charge < -0.3 is 15.3 Å². The molecule has 1 saturated carbocycles. The van der Waals surface area contributed by atoms with E-state index in [4.69, 9.17) is 0 Å². The third kappa shape index (κ3) is 2.17. The number of aliphatic hydroxyl groups excluding tert-OH is 1. The van der Waals surface area contributed by atoms with Crippen molar-refractivity contribution >= 4 is 0 Å². The molecule has 0 radical (unpaired) electrons. The predicted molar refractivity (Wildman–Crippen MR) is 64.0 cm³/mol. The van der Waals surface area contributed by atoms with E-state index in [1.807, 2.05) is 13.8 Å². The van der Waals surface area contributed by atoms with Crippen LogP contribution in [0.4, 0.5) is 0 Å². The molecule has 1 rings (SSSR count). The molecule has 0 aromatic carbocycles. The lowest BCUT2D eigenvalue weighted by atomic mass is 9.58. The van der Waals surface area contributed by atoms with Crippen molar-refractivity contribution in [2.45, 2.75) is 64.3 Å². The second kappa shape index (κ2) is 4.13. The molecule has 0 unspecified atom stereocenters. The Balaban J connectivity index is 3.10. The van der Waals surface area contributed by atoms with E-state index in [1.54, 1.807) is 26.0 Å². The summed E-state index contributed by atoms with van der Waals surface area (Å²) in [5.74, 6) is 0. The maximum absolute atomic E-state index is 10.7. The van der Waals surface area contributed by atoms with Gasteiger partial charge in [-0.1, -0.05) is 26.0 Å². The normalized spacial score (nSPS) is 41.2. The van der Waals surface area contributed by atoms with E-state index in [0.29, 0.717) is 6.42 Å². The highest BCUT2D eigenvalue weighted by molar-refractivity contribution is 5.19. The van der Waals surface area contributed by atoms with Crippen molar-refractivity contribution in [3.8, 4) is 0 Å². The van der Waals surface area contributed by atoms with Gasteiger partial charge in [0.2, 0.25) is 0 Å². The largest absolute Gasteiger partial charge is 0.389 e. The zero-order valence-corrected chi connectivity index (χ0v) is 10.7. The monoisotopic (exact) mass is 228 g/mol. The van der Waals surface area contributed by atoms with Crippen LogP contribution in [0.5, 0.6) is 0 Å². The molecule has 0 bridgehead atoms. The van der Waals surface area contributed by atoms with E-state index >= 15 is 0 Å². The second-order valence-corrected chi connectivity index (χ2v) is 5.88. The molecule has 0 heterocycles. The molecule has 0 amide bonds. The van der Waals surface area contributed by atoms with E-state index in [1.165, 1.54) is 0 Å². The van der Waals surface area contributed by atoms with Crippen LogP contribution >= 0.6 is 0 Å². The van der Waals surface area contributed by atoms with Crippen molar-refractivity contribution < 1.29 is 15.3 Å². The summed E-state index contributed by atoms with van der Waals surface area (Å²) in [7, 11) is 0. The van der Waals surface area contributed by atoms with Crippen LogP contribution in [-0.2, 0) is 0 Å². The minimum absolute atomic E-state index is 0.389. The Morgan fingerprint density at radius 1 is 1.12 bits per heavy atom. The molecule has 3 N–H and O–H groups in total. The summed E-state index contributed by atoms with van der Waals surface area (Å²) in [6, 6.07) is 0. The van der Waals surface area contributed by atoms with Crippen LogP contribution in [0.25, 0.3) is 0 Å². The van der Waals surface area contributed by atoms with Crippen LogP contribution in [-0.4, -0.2) is 32.6 Å². The van der Waals surface area contributed by atoms with E-state index in [-0.39, 0.29) is 5.41 Å². The average molecular weight is 228 g/mol. The fourth-order valence-corrected chi connectivity index (χ4v) is 2.67. The third-order valence-corrected chi connectivity index (χ3v) is 3.93. The third-order valence-electron chi connectivity index (χ3n) is 3.93. The number of hydrogen-bond acceptors (Lipinski definition) is 3. The van der Waals surface area contributed by atoms with Crippen LogP contribution in [0, 0.1) is 5.41 Å². The lowest BCUT2D eigenvalue weighted by molar-refractivity contribution is -0.194. The van der Waals surface area contributed by atoms with Crippen LogP contribution in [0.2, 0.25) is 0 Å². The predicted octanol–water partition coefficient (Wildman–Crippen LogP) is 1.62. The van der Waals surface area contributed by atoms with Gasteiger partial charge in [0.1, 0.15) is 5.60 Å². The highest BCUT2D eigenvalue weighted by atomic mass is 16.4. The summed E-state index contributed by atoms with van der Waals surface area (Å²) >= 11 is 0. The van der Waals surface area contributed by atoms with Gasteiger partial charge in [0, 0.05) is 0 Å². The van der Waals surface area contributed by atoms with E-state index in [9.17, 15) is 15.3 Å². The highest BCUT2D eigenvalue weighted by Crippen LogP contribution is 2.49. The van der Waals surface area contributed by atoms with Gasteiger partial charge in [-0.25, -0.2) is 0 Å². The molecule has 0 saturated heterocycles. The molecule has 0 aromatic heterocycles. The van der Waals surface area contributed by atoms with Gasteiger partial charge in [-0.2, -0.15) is 0 Å². The lowest BCUT2D eigenvalue weighted by Crippen LogP contribution is -2.62. The smallest absolute Gasteiger partial charge is 0.116 e. The Bertz CT molecular complexity index is 261. The van der Waals surface area contributed by atoms with Crippen molar-refractivity contribution in [3.63, 3.8) is 0 Å². The molecule has 3 heteroatoms. The van der Waals surface area contributed by atoms with Gasteiger partial charge >= 0.3 is 0 Å². The van der Waals surface area contributed by atoms with E-state index in [0.717, 1.165) is 12.8 Å². The minimum Gasteiger partial charge on any atom is -0.389 e. The highest BCUT2D eigenvalue weighted by Gasteiger charge is 2.56.